The van der Waals surface area contributed by atoms with Crippen LogP contribution in [-0.4, -0.2) is 10.1 Å². The Morgan fingerprint density at radius 1 is 1.14 bits per heavy atom. The second-order valence-corrected chi connectivity index (χ2v) is 5.87. The number of aromatic nitrogens is 1. The van der Waals surface area contributed by atoms with Crippen molar-refractivity contribution in [2.24, 2.45) is 0 Å². The average molecular weight is 346 g/mol. The van der Waals surface area contributed by atoms with E-state index in [9.17, 15) is 9.50 Å². The molecule has 0 fully saturated rings. The van der Waals surface area contributed by atoms with Gasteiger partial charge in [0.1, 0.15) is 11.9 Å². The van der Waals surface area contributed by atoms with Crippen molar-refractivity contribution in [3.05, 3.63) is 75.6 Å². The highest BCUT2D eigenvalue weighted by Gasteiger charge is 2.18. The monoisotopic (exact) mass is 345 g/mol. The number of aliphatic hydroxyl groups is 1. The van der Waals surface area contributed by atoms with Crippen LogP contribution in [0, 0.1) is 12.7 Å². The lowest BCUT2D eigenvalue weighted by atomic mass is 10.0. The number of aryl methyl sites for hydroxylation is 1. The summed E-state index contributed by atoms with van der Waals surface area (Å²) in [5, 5.41) is 11.5. The lowest BCUT2D eigenvalue weighted by Crippen LogP contribution is -2.06. The molecular weight excluding hydrogens is 333 g/mol. The predicted molar refractivity (Wildman–Crippen MR) is 84.6 cm³/mol. The van der Waals surface area contributed by atoms with Gasteiger partial charge in [-0.1, -0.05) is 34.1 Å². The summed E-state index contributed by atoms with van der Waals surface area (Å²) in [6.45, 7) is 1.96. The molecule has 2 nitrogen and oxygen atoms in total. The fraction of sp³-hybridized carbons (Fsp3) is 0.118. The summed E-state index contributed by atoms with van der Waals surface area (Å²) in [4.78, 5) is 4.45. The van der Waals surface area contributed by atoms with Gasteiger partial charge in [-0.15, -0.1) is 0 Å². The first-order valence-corrected chi connectivity index (χ1v) is 7.35. The molecule has 1 N–H and O–H groups in total. The van der Waals surface area contributed by atoms with Gasteiger partial charge in [0.2, 0.25) is 0 Å². The highest BCUT2D eigenvalue weighted by Crippen LogP contribution is 2.28. The number of nitrogens with zero attached hydrogens (tertiary/aromatic N) is 1. The van der Waals surface area contributed by atoms with E-state index in [2.05, 4.69) is 20.9 Å². The van der Waals surface area contributed by atoms with E-state index in [0.717, 1.165) is 20.9 Å². The molecular formula is C17H13BrFNO. The minimum atomic E-state index is -1.09. The fourth-order valence-corrected chi connectivity index (χ4v) is 2.78. The van der Waals surface area contributed by atoms with Crippen LogP contribution in [0.1, 0.15) is 22.9 Å². The molecule has 106 valence electrons. The molecule has 0 saturated carbocycles. The third-order valence-corrected chi connectivity index (χ3v) is 3.97. The smallest absolute Gasteiger partial charge is 0.129 e. The van der Waals surface area contributed by atoms with Crippen LogP contribution in [0.15, 0.2) is 53.0 Å². The molecule has 0 spiro atoms. The van der Waals surface area contributed by atoms with E-state index in [1.807, 2.05) is 31.2 Å². The molecule has 0 aliphatic carbocycles. The first-order chi connectivity index (χ1) is 10.1. The summed E-state index contributed by atoms with van der Waals surface area (Å²) in [6, 6.07) is 14.0. The fourth-order valence-electron chi connectivity index (χ4n) is 2.40. The van der Waals surface area contributed by atoms with Gasteiger partial charge in [-0.2, -0.15) is 0 Å². The Bertz CT molecular complexity index is 819. The second kappa shape index (κ2) is 5.54. The molecule has 0 saturated heterocycles. The van der Waals surface area contributed by atoms with E-state index in [-0.39, 0.29) is 5.56 Å². The van der Waals surface area contributed by atoms with Gasteiger partial charge in [0.05, 0.1) is 11.2 Å². The number of benzene rings is 2. The maximum Gasteiger partial charge on any atom is 0.129 e. The molecule has 0 amide bonds. The van der Waals surface area contributed by atoms with Crippen molar-refractivity contribution in [2.45, 2.75) is 13.0 Å². The van der Waals surface area contributed by atoms with Crippen LogP contribution in [0.2, 0.25) is 0 Å². The molecule has 0 aliphatic heterocycles. The van der Waals surface area contributed by atoms with Crippen molar-refractivity contribution in [3.63, 3.8) is 0 Å². The molecule has 2 aromatic carbocycles. The Morgan fingerprint density at radius 2 is 1.90 bits per heavy atom. The number of hydrogen-bond donors (Lipinski definition) is 1. The number of fused-ring (bicyclic) bond motifs is 1. The third-order valence-electron chi connectivity index (χ3n) is 3.48. The second-order valence-electron chi connectivity index (χ2n) is 4.95. The van der Waals surface area contributed by atoms with E-state index in [1.54, 1.807) is 18.2 Å². The van der Waals surface area contributed by atoms with Crippen LogP contribution in [0.4, 0.5) is 4.39 Å². The van der Waals surface area contributed by atoms with Crippen LogP contribution in [0.3, 0.4) is 0 Å². The van der Waals surface area contributed by atoms with Crippen molar-refractivity contribution in [1.29, 1.82) is 0 Å². The quantitative estimate of drug-likeness (QED) is 0.740. The maximum absolute atomic E-state index is 13.9. The molecule has 21 heavy (non-hydrogen) atoms. The first kappa shape index (κ1) is 14.2. The maximum atomic E-state index is 13.9. The summed E-state index contributed by atoms with van der Waals surface area (Å²) in [7, 11) is 0. The van der Waals surface area contributed by atoms with Gasteiger partial charge in [0.15, 0.2) is 0 Å². The Balaban J connectivity index is 2.13. The lowest BCUT2D eigenvalue weighted by molar-refractivity contribution is 0.210. The molecule has 0 bridgehead atoms. The number of rotatable bonds is 2. The standard InChI is InChI=1S/C17H13BrFNO/c1-10-8-16(20-15-5-3-2-4-12(10)15)17(21)13-9-11(18)6-7-14(13)19/h2-9,17,21H,1H3. The summed E-state index contributed by atoms with van der Waals surface area (Å²) >= 11 is 3.29. The Morgan fingerprint density at radius 3 is 2.71 bits per heavy atom. The van der Waals surface area contributed by atoms with Crippen molar-refractivity contribution in [1.82, 2.24) is 4.98 Å². The Kier molecular flexibility index (Phi) is 3.74. The zero-order valence-corrected chi connectivity index (χ0v) is 12.9. The van der Waals surface area contributed by atoms with E-state index < -0.39 is 11.9 Å². The van der Waals surface area contributed by atoms with Gasteiger partial charge in [0, 0.05) is 15.4 Å². The molecule has 1 aromatic heterocycles. The molecule has 1 atom stereocenters. The van der Waals surface area contributed by atoms with Crippen LogP contribution >= 0.6 is 15.9 Å². The molecule has 1 heterocycles. The number of aliphatic hydroxyl groups excluding tert-OH is 1. The Hall–Kier alpha value is -1.78. The van der Waals surface area contributed by atoms with Crippen LogP contribution < -0.4 is 0 Å². The van der Waals surface area contributed by atoms with Gasteiger partial charge in [0.25, 0.3) is 0 Å². The predicted octanol–water partition coefficient (Wildman–Crippen LogP) is 4.53. The van der Waals surface area contributed by atoms with E-state index in [1.165, 1.54) is 6.07 Å². The molecule has 4 heteroatoms. The SMILES string of the molecule is Cc1cc(C(O)c2cc(Br)ccc2F)nc2ccccc12. The summed E-state index contributed by atoms with van der Waals surface area (Å²) in [5.41, 5.74) is 2.46. The van der Waals surface area contributed by atoms with E-state index in [0.29, 0.717) is 5.69 Å². The number of pyridine rings is 1. The molecule has 0 aliphatic rings. The van der Waals surface area contributed by atoms with E-state index >= 15 is 0 Å². The van der Waals surface area contributed by atoms with Crippen molar-refractivity contribution >= 4 is 26.8 Å². The summed E-state index contributed by atoms with van der Waals surface area (Å²) in [5.74, 6) is -0.446. The number of para-hydroxylation sites is 1. The summed E-state index contributed by atoms with van der Waals surface area (Å²) in [6.07, 6.45) is -1.09. The normalized spacial score (nSPS) is 12.6. The number of hydrogen-bond acceptors (Lipinski definition) is 2. The van der Waals surface area contributed by atoms with Gasteiger partial charge < -0.3 is 5.11 Å². The van der Waals surface area contributed by atoms with Crippen LogP contribution in [0.25, 0.3) is 10.9 Å². The van der Waals surface area contributed by atoms with Crippen LogP contribution in [-0.2, 0) is 0 Å². The lowest BCUT2D eigenvalue weighted by Gasteiger charge is -2.14. The van der Waals surface area contributed by atoms with Gasteiger partial charge >= 0.3 is 0 Å². The van der Waals surface area contributed by atoms with Gasteiger partial charge in [-0.3, -0.25) is 0 Å². The van der Waals surface area contributed by atoms with E-state index in [4.69, 9.17) is 0 Å². The first-order valence-electron chi connectivity index (χ1n) is 6.55. The van der Waals surface area contributed by atoms with Crippen molar-refractivity contribution < 1.29 is 9.50 Å². The molecule has 1 unspecified atom stereocenters. The topological polar surface area (TPSA) is 33.1 Å². The average Bonchev–Trinajstić information content (AvgIpc) is 2.49. The van der Waals surface area contributed by atoms with Crippen molar-refractivity contribution in [3.8, 4) is 0 Å². The zero-order valence-electron chi connectivity index (χ0n) is 11.3. The van der Waals surface area contributed by atoms with Gasteiger partial charge in [-0.05, 0) is 42.8 Å². The molecule has 3 aromatic rings. The highest BCUT2D eigenvalue weighted by atomic mass is 79.9. The van der Waals surface area contributed by atoms with Crippen molar-refractivity contribution in [2.75, 3.05) is 0 Å². The molecule has 0 radical (unpaired) electrons. The number of halogens is 2. The minimum Gasteiger partial charge on any atom is -0.382 e. The van der Waals surface area contributed by atoms with Crippen LogP contribution in [0.5, 0.6) is 0 Å². The summed E-state index contributed by atoms with van der Waals surface area (Å²) < 4.78 is 14.6. The third kappa shape index (κ3) is 2.69. The Labute approximate surface area is 130 Å². The largest absolute Gasteiger partial charge is 0.382 e. The zero-order chi connectivity index (χ0) is 15.0. The van der Waals surface area contributed by atoms with Gasteiger partial charge in [-0.25, -0.2) is 9.37 Å². The molecule has 3 rings (SSSR count). The minimum absolute atomic E-state index is 0.214. The highest BCUT2D eigenvalue weighted by molar-refractivity contribution is 9.10.